The van der Waals surface area contributed by atoms with Crippen molar-refractivity contribution in [3.05, 3.63) is 39.2 Å². The molecule has 0 saturated carbocycles. The molecule has 5 N–H and O–H groups in total. The maximum Gasteiger partial charge on any atom is 0.330 e. The number of nitrogens with one attached hydrogen (secondary N) is 1. The van der Waals surface area contributed by atoms with E-state index >= 15 is 0 Å². The number of ether oxygens (including phenoxy) is 1. The highest BCUT2D eigenvalue weighted by Crippen LogP contribution is 2.30. The summed E-state index contributed by atoms with van der Waals surface area (Å²) in [6, 6.07) is 0. The molecule has 0 spiro atoms. The van der Waals surface area contributed by atoms with Crippen LogP contribution in [-0.4, -0.2) is 54.9 Å². The second-order valence-corrected chi connectivity index (χ2v) is 4.65. The Kier molecular flexibility index (Phi) is 4.28. The smallest absolute Gasteiger partial charge is 0.330 e. The standard InChI is InChI=1S/C12H16N2O7/c1-2-3-5-7(16)10(19)13-12(20)14(5)11-9(18)8(17)6(4-15)21-11/h2,6,8-9,11,15-18H,1,3-4H2,(H,13,19,20)/t6-,8-,9-,11-/m1/s1. The van der Waals surface area contributed by atoms with Gasteiger partial charge in [-0.05, 0) is 0 Å². The summed E-state index contributed by atoms with van der Waals surface area (Å²) in [5, 5.41) is 38.5. The highest BCUT2D eigenvalue weighted by molar-refractivity contribution is 5.25. The number of H-pyrrole nitrogens is 1. The summed E-state index contributed by atoms with van der Waals surface area (Å²) in [4.78, 5) is 25.3. The lowest BCUT2D eigenvalue weighted by atomic mass is 10.1. The van der Waals surface area contributed by atoms with Gasteiger partial charge in [0.2, 0.25) is 5.75 Å². The summed E-state index contributed by atoms with van der Waals surface area (Å²) in [5.41, 5.74) is -1.99. The van der Waals surface area contributed by atoms with Crippen LogP contribution in [0.2, 0.25) is 0 Å². The highest BCUT2D eigenvalue weighted by atomic mass is 16.6. The number of aliphatic hydroxyl groups excluding tert-OH is 3. The van der Waals surface area contributed by atoms with Crippen LogP contribution in [0.1, 0.15) is 11.9 Å². The number of hydrogen-bond donors (Lipinski definition) is 5. The minimum absolute atomic E-state index is 0.0303. The zero-order chi connectivity index (χ0) is 15.7. The third-order valence-electron chi connectivity index (χ3n) is 3.33. The normalized spacial score (nSPS) is 28.7. The number of aromatic amines is 1. The molecule has 9 heteroatoms. The molecular weight excluding hydrogens is 284 g/mol. The second-order valence-electron chi connectivity index (χ2n) is 4.65. The van der Waals surface area contributed by atoms with E-state index in [1.165, 1.54) is 6.08 Å². The lowest BCUT2D eigenvalue weighted by Crippen LogP contribution is -2.39. The zero-order valence-electron chi connectivity index (χ0n) is 11.0. The Morgan fingerprint density at radius 1 is 1.33 bits per heavy atom. The Bertz CT molecular complexity index is 650. The van der Waals surface area contributed by atoms with Crippen LogP contribution in [0.4, 0.5) is 0 Å². The van der Waals surface area contributed by atoms with Gasteiger partial charge in [0.05, 0.1) is 12.3 Å². The van der Waals surface area contributed by atoms with Crippen LogP contribution < -0.4 is 11.2 Å². The van der Waals surface area contributed by atoms with Crippen LogP contribution >= 0.6 is 0 Å². The van der Waals surface area contributed by atoms with Gasteiger partial charge in [-0.3, -0.25) is 14.3 Å². The molecule has 0 aliphatic carbocycles. The van der Waals surface area contributed by atoms with E-state index in [4.69, 9.17) is 9.84 Å². The summed E-state index contributed by atoms with van der Waals surface area (Å²) in [6.45, 7) is 2.90. The molecule has 1 saturated heterocycles. The second kappa shape index (κ2) is 5.82. The summed E-state index contributed by atoms with van der Waals surface area (Å²) < 4.78 is 6.06. The quantitative estimate of drug-likeness (QED) is 0.389. The SMILES string of the molecule is C=CCc1c(O)c(=O)[nH]c(=O)n1[C@@H]1O[C@H](CO)[C@@H](O)[C@H]1O. The van der Waals surface area contributed by atoms with Crippen molar-refractivity contribution in [3.8, 4) is 5.75 Å². The van der Waals surface area contributed by atoms with Crippen LogP contribution in [0.15, 0.2) is 22.2 Å². The molecule has 4 atom stereocenters. The molecule has 0 unspecified atom stereocenters. The Morgan fingerprint density at radius 3 is 2.52 bits per heavy atom. The molecule has 2 heterocycles. The molecule has 0 amide bonds. The fraction of sp³-hybridized carbons (Fsp3) is 0.500. The first-order chi connectivity index (χ1) is 9.92. The van der Waals surface area contributed by atoms with E-state index in [2.05, 4.69) is 6.58 Å². The van der Waals surface area contributed by atoms with Gasteiger partial charge in [0.15, 0.2) is 6.23 Å². The number of rotatable bonds is 4. The van der Waals surface area contributed by atoms with Gasteiger partial charge in [-0.25, -0.2) is 4.79 Å². The van der Waals surface area contributed by atoms with Crippen LogP contribution in [0.5, 0.6) is 5.75 Å². The number of allylic oxidation sites excluding steroid dienone is 1. The fourth-order valence-corrected chi connectivity index (χ4v) is 2.28. The Labute approximate surface area is 118 Å². The number of aliphatic hydroxyl groups is 3. The van der Waals surface area contributed by atoms with Crippen molar-refractivity contribution in [2.75, 3.05) is 6.61 Å². The molecule has 1 aromatic heterocycles. The van der Waals surface area contributed by atoms with Crippen molar-refractivity contribution in [1.29, 1.82) is 0 Å². The molecule has 2 rings (SSSR count). The molecule has 1 aliphatic heterocycles. The van der Waals surface area contributed by atoms with E-state index < -0.39 is 48.1 Å². The van der Waals surface area contributed by atoms with Crippen molar-refractivity contribution >= 4 is 0 Å². The summed E-state index contributed by atoms with van der Waals surface area (Å²) in [5.74, 6) is -0.702. The minimum atomic E-state index is -1.51. The average Bonchev–Trinajstić information content (AvgIpc) is 2.73. The lowest BCUT2D eigenvalue weighted by molar-refractivity contribution is -0.0564. The summed E-state index contributed by atoms with van der Waals surface area (Å²) in [6.07, 6.45) is -4.01. The largest absolute Gasteiger partial charge is 0.502 e. The fourth-order valence-electron chi connectivity index (χ4n) is 2.28. The molecule has 1 aliphatic rings. The van der Waals surface area contributed by atoms with E-state index in [0.717, 1.165) is 4.57 Å². The number of hydrogen-bond acceptors (Lipinski definition) is 7. The van der Waals surface area contributed by atoms with Crippen molar-refractivity contribution < 1.29 is 25.2 Å². The Morgan fingerprint density at radius 2 is 2.00 bits per heavy atom. The number of aromatic nitrogens is 2. The molecule has 1 fully saturated rings. The van der Waals surface area contributed by atoms with Gasteiger partial charge in [-0.15, -0.1) is 6.58 Å². The third kappa shape index (κ3) is 2.51. The number of nitrogens with zero attached hydrogens (tertiary/aromatic N) is 1. The van der Waals surface area contributed by atoms with Crippen molar-refractivity contribution in [2.45, 2.75) is 31.0 Å². The first-order valence-electron chi connectivity index (χ1n) is 6.22. The predicted molar refractivity (Wildman–Crippen MR) is 69.9 cm³/mol. The molecule has 116 valence electrons. The van der Waals surface area contributed by atoms with Gasteiger partial charge < -0.3 is 25.2 Å². The predicted octanol–water partition coefficient (Wildman–Crippen LogP) is -2.42. The van der Waals surface area contributed by atoms with Crippen LogP contribution in [0.25, 0.3) is 0 Å². The van der Waals surface area contributed by atoms with Gasteiger partial charge in [-0.1, -0.05) is 6.08 Å². The Balaban J connectivity index is 2.59. The van der Waals surface area contributed by atoms with Gasteiger partial charge >= 0.3 is 5.69 Å². The number of aromatic hydroxyl groups is 1. The minimum Gasteiger partial charge on any atom is -0.502 e. The molecule has 0 aromatic carbocycles. The van der Waals surface area contributed by atoms with E-state index in [0.29, 0.717) is 0 Å². The van der Waals surface area contributed by atoms with Crippen LogP contribution in [-0.2, 0) is 11.2 Å². The van der Waals surface area contributed by atoms with Crippen molar-refractivity contribution in [1.82, 2.24) is 9.55 Å². The highest BCUT2D eigenvalue weighted by Gasteiger charge is 2.44. The topological polar surface area (TPSA) is 145 Å². The Hall–Kier alpha value is -1.94. The summed E-state index contributed by atoms with van der Waals surface area (Å²) >= 11 is 0. The first-order valence-corrected chi connectivity index (χ1v) is 6.22. The molecule has 9 nitrogen and oxygen atoms in total. The van der Waals surface area contributed by atoms with Gasteiger partial charge in [-0.2, -0.15) is 0 Å². The average molecular weight is 300 g/mol. The lowest BCUT2D eigenvalue weighted by Gasteiger charge is -2.21. The molecule has 1 aromatic rings. The van der Waals surface area contributed by atoms with E-state index in [-0.39, 0.29) is 12.1 Å². The van der Waals surface area contributed by atoms with Gasteiger partial charge in [0.1, 0.15) is 18.3 Å². The van der Waals surface area contributed by atoms with E-state index in [1.54, 1.807) is 0 Å². The van der Waals surface area contributed by atoms with Crippen molar-refractivity contribution in [3.63, 3.8) is 0 Å². The van der Waals surface area contributed by atoms with Crippen LogP contribution in [0.3, 0.4) is 0 Å². The maximum absolute atomic E-state index is 11.9. The van der Waals surface area contributed by atoms with Crippen molar-refractivity contribution in [2.24, 2.45) is 0 Å². The molecular formula is C12H16N2O7. The molecule has 21 heavy (non-hydrogen) atoms. The maximum atomic E-state index is 11.9. The third-order valence-corrected chi connectivity index (χ3v) is 3.33. The van der Waals surface area contributed by atoms with Gasteiger partial charge in [0.25, 0.3) is 5.56 Å². The van der Waals surface area contributed by atoms with E-state index in [9.17, 15) is 24.9 Å². The molecule has 0 radical (unpaired) electrons. The zero-order valence-corrected chi connectivity index (χ0v) is 11.0. The molecule has 0 bridgehead atoms. The van der Waals surface area contributed by atoms with E-state index in [1.807, 2.05) is 4.98 Å². The first kappa shape index (κ1) is 15.4. The van der Waals surface area contributed by atoms with Gasteiger partial charge in [0, 0.05) is 6.42 Å². The van der Waals surface area contributed by atoms with Crippen LogP contribution in [0, 0.1) is 0 Å². The monoisotopic (exact) mass is 300 g/mol. The summed E-state index contributed by atoms with van der Waals surface area (Å²) in [7, 11) is 0.